The molecule has 0 bridgehead atoms. The lowest BCUT2D eigenvalue weighted by molar-refractivity contribution is -0.132. The molecule has 0 spiro atoms. The third-order valence-corrected chi connectivity index (χ3v) is 7.36. The third-order valence-electron chi connectivity index (χ3n) is 6.01. The Bertz CT molecular complexity index is 1290. The lowest BCUT2D eigenvalue weighted by Crippen LogP contribution is -2.35. The van der Waals surface area contributed by atoms with Gasteiger partial charge in [-0.25, -0.2) is 0 Å². The van der Waals surface area contributed by atoms with Gasteiger partial charge in [-0.15, -0.1) is 10.2 Å². The number of carbonyl (C=O) groups is 1. The Morgan fingerprint density at radius 1 is 0.912 bits per heavy atom. The zero-order valence-electron chi connectivity index (χ0n) is 18.7. The number of thioether (sulfide) groups is 1. The molecule has 5 rings (SSSR count). The largest absolute Gasteiger partial charge is 0.338 e. The molecule has 4 aromatic rings. The maximum Gasteiger partial charge on any atom is 0.222 e. The summed E-state index contributed by atoms with van der Waals surface area (Å²) in [5.74, 6) is 1.71. The smallest absolute Gasteiger partial charge is 0.222 e. The van der Waals surface area contributed by atoms with Crippen LogP contribution in [0, 0.1) is 0 Å². The zero-order valence-corrected chi connectivity index (χ0v) is 20.3. The van der Waals surface area contributed by atoms with E-state index in [9.17, 15) is 4.79 Å². The fraction of sp³-hybridized carbons (Fsp3) is 0.222. The Labute approximate surface area is 208 Å². The van der Waals surface area contributed by atoms with Gasteiger partial charge in [0.2, 0.25) is 5.91 Å². The summed E-state index contributed by atoms with van der Waals surface area (Å²) in [6.45, 7) is 1.51. The maximum atomic E-state index is 12.8. The highest BCUT2D eigenvalue weighted by Crippen LogP contribution is 2.32. The van der Waals surface area contributed by atoms with Crippen molar-refractivity contribution in [3.63, 3.8) is 0 Å². The van der Waals surface area contributed by atoms with Crippen molar-refractivity contribution in [2.24, 2.45) is 0 Å². The summed E-state index contributed by atoms with van der Waals surface area (Å²) in [6.07, 6.45) is 2.25. The van der Waals surface area contributed by atoms with Gasteiger partial charge in [-0.1, -0.05) is 78.0 Å². The van der Waals surface area contributed by atoms with E-state index in [1.54, 1.807) is 11.8 Å². The SMILES string of the molecule is O=C(CCCSc1nnc(-c2ccccc2Cl)n1-c1ccccc1)N1CCc2ccccc2C1. The van der Waals surface area contributed by atoms with Gasteiger partial charge < -0.3 is 4.90 Å². The normalized spacial score (nSPS) is 13.0. The molecule has 0 N–H and O–H groups in total. The van der Waals surface area contributed by atoms with Gasteiger partial charge in [-0.3, -0.25) is 9.36 Å². The lowest BCUT2D eigenvalue weighted by atomic mass is 10.00. The van der Waals surface area contributed by atoms with Crippen LogP contribution < -0.4 is 0 Å². The van der Waals surface area contributed by atoms with E-state index >= 15 is 0 Å². The van der Waals surface area contributed by atoms with Crippen LogP contribution >= 0.6 is 23.4 Å². The summed E-state index contributed by atoms with van der Waals surface area (Å²) in [5, 5.41) is 10.4. The van der Waals surface area contributed by atoms with Crippen molar-refractivity contribution in [1.82, 2.24) is 19.7 Å². The van der Waals surface area contributed by atoms with Crippen molar-refractivity contribution in [1.29, 1.82) is 0 Å². The molecule has 0 saturated carbocycles. The Balaban J connectivity index is 1.25. The molecule has 7 heteroatoms. The summed E-state index contributed by atoms with van der Waals surface area (Å²) in [7, 11) is 0. The number of halogens is 1. The van der Waals surface area contributed by atoms with E-state index in [1.165, 1.54) is 11.1 Å². The summed E-state index contributed by atoms with van der Waals surface area (Å²) in [4.78, 5) is 14.8. The average molecular weight is 489 g/mol. The van der Waals surface area contributed by atoms with Gasteiger partial charge in [0.15, 0.2) is 11.0 Å². The molecule has 3 aromatic carbocycles. The second kappa shape index (κ2) is 10.5. The third kappa shape index (κ3) is 4.88. The Kier molecular flexibility index (Phi) is 6.97. The summed E-state index contributed by atoms with van der Waals surface area (Å²) < 4.78 is 2.04. The van der Waals surface area contributed by atoms with Gasteiger partial charge in [0, 0.05) is 36.5 Å². The Hall–Kier alpha value is -3.09. The fourth-order valence-corrected chi connectivity index (χ4v) is 5.35. The molecular formula is C27H25ClN4OS. The molecule has 0 unspecified atom stereocenters. The molecule has 2 heterocycles. The van der Waals surface area contributed by atoms with Crippen LogP contribution in [0.25, 0.3) is 17.1 Å². The standard InChI is InChI=1S/C27H25ClN4OS/c28-24-14-7-6-13-23(24)26-29-30-27(32(26)22-11-2-1-3-12-22)34-18-8-15-25(33)31-17-16-20-9-4-5-10-21(20)19-31/h1-7,9-14H,8,15-19H2. The summed E-state index contributed by atoms with van der Waals surface area (Å²) in [6, 6.07) is 26.1. The number of nitrogens with zero attached hydrogens (tertiary/aromatic N) is 4. The number of amides is 1. The number of aromatic nitrogens is 3. The monoisotopic (exact) mass is 488 g/mol. The lowest BCUT2D eigenvalue weighted by Gasteiger charge is -2.29. The quantitative estimate of drug-likeness (QED) is 0.235. The first kappa shape index (κ1) is 22.7. The average Bonchev–Trinajstić information content (AvgIpc) is 3.30. The van der Waals surface area contributed by atoms with Gasteiger partial charge in [0.05, 0.1) is 5.02 Å². The minimum atomic E-state index is 0.219. The predicted octanol–water partition coefficient (Wildman–Crippen LogP) is 6.04. The second-order valence-corrected chi connectivity index (χ2v) is 9.71. The van der Waals surface area contributed by atoms with E-state index in [4.69, 9.17) is 11.6 Å². The highest BCUT2D eigenvalue weighted by atomic mass is 35.5. The van der Waals surface area contributed by atoms with E-state index in [0.717, 1.165) is 41.5 Å². The molecular weight excluding hydrogens is 464 g/mol. The molecule has 0 radical (unpaired) electrons. The van der Waals surface area contributed by atoms with E-state index in [1.807, 2.05) is 70.1 Å². The molecule has 1 aromatic heterocycles. The zero-order chi connectivity index (χ0) is 23.3. The molecule has 5 nitrogen and oxygen atoms in total. The predicted molar refractivity (Wildman–Crippen MR) is 137 cm³/mol. The van der Waals surface area contributed by atoms with E-state index in [0.29, 0.717) is 23.8 Å². The number of benzene rings is 3. The molecule has 1 amide bonds. The van der Waals surface area contributed by atoms with Crippen molar-refractivity contribution in [2.45, 2.75) is 31.0 Å². The van der Waals surface area contributed by atoms with E-state index < -0.39 is 0 Å². The molecule has 0 atom stereocenters. The van der Waals surface area contributed by atoms with E-state index in [2.05, 4.69) is 28.4 Å². The molecule has 1 aliphatic rings. The molecule has 0 fully saturated rings. The molecule has 1 aliphatic heterocycles. The van der Waals surface area contributed by atoms with Crippen LogP contribution in [0.2, 0.25) is 5.02 Å². The van der Waals surface area contributed by atoms with Crippen molar-refractivity contribution in [3.8, 4) is 17.1 Å². The number of carbonyl (C=O) groups excluding carboxylic acids is 1. The van der Waals surface area contributed by atoms with Crippen LogP contribution in [-0.2, 0) is 17.8 Å². The number of fused-ring (bicyclic) bond motifs is 1. The van der Waals surface area contributed by atoms with Crippen molar-refractivity contribution < 1.29 is 4.79 Å². The van der Waals surface area contributed by atoms with Crippen molar-refractivity contribution >= 4 is 29.3 Å². The Morgan fingerprint density at radius 3 is 2.47 bits per heavy atom. The molecule has 0 aliphatic carbocycles. The van der Waals surface area contributed by atoms with Crippen molar-refractivity contribution in [2.75, 3.05) is 12.3 Å². The molecule has 34 heavy (non-hydrogen) atoms. The topological polar surface area (TPSA) is 51.0 Å². The summed E-state index contributed by atoms with van der Waals surface area (Å²) >= 11 is 8.08. The van der Waals surface area contributed by atoms with Crippen LogP contribution in [0.5, 0.6) is 0 Å². The fourth-order valence-electron chi connectivity index (χ4n) is 4.24. The highest BCUT2D eigenvalue weighted by molar-refractivity contribution is 7.99. The Morgan fingerprint density at radius 2 is 1.65 bits per heavy atom. The van der Waals surface area contributed by atoms with Crippen LogP contribution in [0.1, 0.15) is 24.0 Å². The number of hydrogen-bond donors (Lipinski definition) is 0. The van der Waals surface area contributed by atoms with Crippen LogP contribution in [0.15, 0.2) is 84.0 Å². The maximum absolute atomic E-state index is 12.8. The van der Waals surface area contributed by atoms with Crippen LogP contribution in [-0.4, -0.2) is 37.9 Å². The van der Waals surface area contributed by atoms with Crippen LogP contribution in [0.4, 0.5) is 0 Å². The van der Waals surface area contributed by atoms with Gasteiger partial charge in [-0.2, -0.15) is 0 Å². The first-order valence-corrected chi connectivity index (χ1v) is 12.8. The molecule has 172 valence electrons. The first-order valence-electron chi connectivity index (χ1n) is 11.4. The summed E-state index contributed by atoms with van der Waals surface area (Å²) in [5.41, 5.74) is 4.44. The van der Waals surface area contributed by atoms with E-state index in [-0.39, 0.29) is 5.91 Å². The van der Waals surface area contributed by atoms with Gasteiger partial charge in [-0.05, 0) is 48.2 Å². The highest BCUT2D eigenvalue weighted by Gasteiger charge is 2.21. The second-order valence-electron chi connectivity index (χ2n) is 8.24. The van der Waals surface area contributed by atoms with Crippen molar-refractivity contribution in [3.05, 3.63) is 95.0 Å². The minimum absolute atomic E-state index is 0.219. The number of hydrogen-bond acceptors (Lipinski definition) is 4. The minimum Gasteiger partial charge on any atom is -0.338 e. The first-order chi connectivity index (χ1) is 16.7. The molecule has 0 saturated heterocycles. The number of para-hydroxylation sites is 1. The van der Waals surface area contributed by atoms with Gasteiger partial charge >= 0.3 is 0 Å². The van der Waals surface area contributed by atoms with Gasteiger partial charge in [0.25, 0.3) is 0 Å². The number of rotatable bonds is 7. The van der Waals surface area contributed by atoms with Gasteiger partial charge in [0.1, 0.15) is 0 Å². The van der Waals surface area contributed by atoms with Crippen LogP contribution in [0.3, 0.4) is 0 Å².